The third kappa shape index (κ3) is 2.69. The van der Waals surface area contributed by atoms with E-state index < -0.39 is 5.82 Å². The molecule has 1 heterocycles. The molecule has 0 radical (unpaired) electrons. The number of nitrogens with zero attached hydrogens (tertiary/aromatic N) is 1. The molecule has 2 nitrogen and oxygen atoms in total. The van der Waals surface area contributed by atoms with Crippen LogP contribution in [0.25, 0.3) is 0 Å². The summed E-state index contributed by atoms with van der Waals surface area (Å²) in [4.78, 5) is 13.9. The molecule has 0 spiro atoms. The van der Waals surface area contributed by atoms with Gasteiger partial charge in [0, 0.05) is 18.5 Å². The van der Waals surface area contributed by atoms with Crippen molar-refractivity contribution < 1.29 is 9.18 Å². The quantitative estimate of drug-likeness (QED) is 0.718. The number of hydrogen-bond donors (Lipinski definition) is 0. The molecule has 98 valence electrons. The number of likely N-dealkylation sites (tertiary alicyclic amines) is 1. The van der Waals surface area contributed by atoms with Crippen molar-refractivity contribution >= 4 is 33.4 Å². The summed E-state index contributed by atoms with van der Waals surface area (Å²) < 4.78 is 14.2. The number of alkyl halides is 1. The van der Waals surface area contributed by atoms with E-state index in [4.69, 9.17) is 11.6 Å². The molecule has 2 rings (SSSR count). The fraction of sp³-hybridized carbons (Fsp3) is 0.462. The van der Waals surface area contributed by atoms with Crippen molar-refractivity contribution in [1.29, 1.82) is 0 Å². The molecule has 1 saturated heterocycles. The van der Waals surface area contributed by atoms with E-state index in [9.17, 15) is 9.18 Å². The molecule has 2 atom stereocenters. The summed E-state index contributed by atoms with van der Waals surface area (Å²) in [6.45, 7) is 3.18. The van der Waals surface area contributed by atoms with Crippen LogP contribution >= 0.6 is 27.5 Å². The smallest absolute Gasteiger partial charge is 0.256 e. The number of amides is 1. The molecular formula is C13H14BrClFNO. The second kappa shape index (κ2) is 5.57. The average Bonchev–Trinajstić information content (AvgIpc) is 2.35. The van der Waals surface area contributed by atoms with Crippen molar-refractivity contribution in [2.45, 2.75) is 18.7 Å². The van der Waals surface area contributed by atoms with E-state index in [0.29, 0.717) is 17.6 Å². The molecule has 0 saturated carbocycles. The molecule has 0 aromatic heterocycles. The predicted octanol–water partition coefficient (Wildman–Crippen LogP) is 3.68. The van der Waals surface area contributed by atoms with Gasteiger partial charge in [-0.15, -0.1) is 11.6 Å². The number of piperidine rings is 1. The maximum atomic E-state index is 13.9. The first-order valence-electron chi connectivity index (χ1n) is 5.88. The van der Waals surface area contributed by atoms with Gasteiger partial charge in [-0.05, 0) is 40.4 Å². The molecule has 1 aromatic carbocycles. The molecule has 2 unspecified atom stereocenters. The van der Waals surface area contributed by atoms with E-state index in [0.717, 1.165) is 6.42 Å². The van der Waals surface area contributed by atoms with E-state index in [1.165, 1.54) is 6.07 Å². The number of hydrogen-bond acceptors (Lipinski definition) is 1. The van der Waals surface area contributed by atoms with E-state index in [2.05, 4.69) is 15.9 Å². The van der Waals surface area contributed by atoms with Crippen LogP contribution in [0.1, 0.15) is 23.7 Å². The normalized spacial score (nSPS) is 24.1. The summed E-state index contributed by atoms with van der Waals surface area (Å²) >= 11 is 9.21. The van der Waals surface area contributed by atoms with E-state index in [1.807, 2.05) is 6.92 Å². The minimum Gasteiger partial charge on any atom is -0.338 e. The van der Waals surface area contributed by atoms with Crippen molar-refractivity contribution in [2.24, 2.45) is 5.92 Å². The fourth-order valence-corrected chi connectivity index (χ4v) is 2.68. The summed E-state index contributed by atoms with van der Waals surface area (Å²) in [6, 6.07) is 4.76. The monoisotopic (exact) mass is 333 g/mol. The summed E-state index contributed by atoms with van der Waals surface area (Å²) in [6.07, 6.45) is 0.754. The Morgan fingerprint density at radius 1 is 1.56 bits per heavy atom. The highest BCUT2D eigenvalue weighted by Gasteiger charge is 2.29. The highest BCUT2D eigenvalue weighted by atomic mass is 79.9. The minimum absolute atomic E-state index is 0.0985. The SMILES string of the molecule is CC1CN(C(=O)c2cccc(Br)c2F)CCC1Cl. The van der Waals surface area contributed by atoms with Gasteiger partial charge < -0.3 is 4.90 Å². The molecule has 0 bridgehead atoms. The standard InChI is InChI=1S/C13H14BrClFNO/c1-8-7-17(6-5-11(8)15)13(18)9-3-2-4-10(14)12(9)16/h2-4,8,11H,5-7H2,1H3. The van der Waals surface area contributed by atoms with Gasteiger partial charge in [0.15, 0.2) is 0 Å². The number of carbonyl (C=O) groups excluding carboxylic acids is 1. The maximum absolute atomic E-state index is 13.9. The number of halogens is 3. The van der Waals surface area contributed by atoms with Crippen molar-refractivity contribution in [3.8, 4) is 0 Å². The first kappa shape index (κ1) is 13.8. The van der Waals surface area contributed by atoms with E-state index in [1.54, 1.807) is 17.0 Å². The van der Waals surface area contributed by atoms with Crippen LogP contribution in [0.15, 0.2) is 22.7 Å². The zero-order chi connectivity index (χ0) is 13.3. The Morgan fingerprint density at radius 3 is 2.94 bits per heavy atom. The number of carbonyl (C=O) groups is 1. The van der Waals surface area contributed by atoms with Crippen molar-refractivity contribution in [3.05, 3.63) is 34.1 Å². The third-order valence-electron chi connectivity index (χ3n) is 3.27. The van der Waals surface area contributed by atoms with Crippen LogP contribution in [0, 0.1) is 11.7 Å². The molecule has 18 heavy (non-hydrogen) atoms. The highest BCUT2D eigenvalue weighted by Crippen LogP contribution is 2.25. The lowest BCUT2D eigenvalue weighted by molar-refractivity contribution is 0.0682. The Morgan fingerprint density at radius 2 is 2.28 bits per heavy atom. The van der Waals surface area contributed by atoms with Crippen molar-refractivity contribution in [3.63, 3.8) is 0 Å². The van der Waals surface area contributed by atoms with Crippen LogP contribution in [0.2, 0.25) is 0 Å². The van der Waals surface area contributed by atoms with Crippen LogP contribution < -0.4 is 0 Å². The lowest BCUT2D eigenvalue weighted by Gasteiger charge is -2.34. The lowest BCUT2D eigenvalue weighted by atomic mass is 9.99. The average molecular weight is 335 g/mol. The largest absolute Gasteiger partial charge is 0.338 e. The zero-order valence-corrected chi connectivity index (χ0v) is 12.3. The Hall–Kier alpha value is -0.610. The summed E-state index contributed by atoms with van der Waals surface area (Å²) in [7, 11) is 0. The van der Waals surface area contributed by atoms with Gasteiger partial charge >= 0.3 is 0 Å². The Labute approximate surface area is 119 Å². The van der Waals surface area contributed by atoms with Gasteiger partial charge in [-0.1, -0.05) is 13.0 Å². The first-order chi connectivity index (χ1) is 8.50. The van der Waals surface area contributed by atoms with Crippen molar-refractivity contribution in [2.75, 3.05) is 13.1 Å². The fourth-order valence-electron chi connectivity index (χ4n) is 2.14. The third-order valence-corrected chi connectivity index (χ3v) is 4.53. The van der Waals surface area contributed by atoms with Crippen molar-refractivity contribution in [1.82, 2.24) is 4.90 Å². The summed E-state index contributed by atoms with van der Waals surface area (Å²) in [5.74, 6) is -0.521. The van der Waals surface area contributed by atoms with Crippen LogP contribution in [-0.4, -0.2) is 29.3 Å². The summed E-state index contributed by atoms with van der Waals surface area (Å²) in [5, 5.41) is 0.0985. The van der Waals surface area contributed by atoms with Crippen LogP contribution in [0.4, 0.5) is 4.39 Å². The van der Waals surface area contributed by atoms with Crippen LogP contribution in [-0.2, 0) is 0 Å². The zero-order valence-electron chi connectivity index (χ0n) is 10.00. The van der Waals surface area contributed by atoms with Gasteiger partial charge in [0.2, 0.25) is 0 Å². The van der Waals surface area contributed by atoms with Crippen LogP contribution in [0.5, 0.6) is 0 Å². The van der Waals surface area contributed by atoms with E-state index >= 15 is 0 Å². The Bertz CT molecular complexity index is 468. The topological polar surface area (TPSA) is 20.3 Å². The number of rotatable bonds is 1. The Kier molecular flexibility index (Phi) is 4.28. The second-order valence-corrected chi connectivity index (χ2v) is 6.05. The summed E-state index contributed by atoms with van der Waals surface area (Å²) in [5.41, 5.74) is 0.115. The maximum Gasteiger partial charge on any atom is 0.256 e. The molecule has 1 aromatic rings. The molecule has 0 N–H and O–H groups in total. The van der Waals surface area contributed by atoms with Gasteiger partial charge in [-0.2, -0.15) is 0 Å². The molecule has 0 aliphatic carbocycles. The highest BCUT2D eigenvalue weighted by molar-refractivity contribution is 9.10. The Balaban J connectivity index is 2.19. The van der Waals surface area contributed by atoms with Crippen LogP contribution in [0.3, 0.4) is 0 Å². The molecular weight excluding hydrogens is 321 g/mol. The lowest BCUT2D eigenvalue weighted by Crippen LogP contribution is -2.43. The van der Waals surface area contributed by atoms with Gasteiger partial charge in [-0.3, -0.25) is 4.79 Å². The van der Waals surface area contributed by atoms with Gasteiger partial charge in [0.25, 0.3) is 5.91 Å². The number of benzene rings is 1. The molecule has 1 aliphatic rings. The molecule has 1 aliphatic heterocycles. The molecule has 1 amide bonds. The van der Waals surface area contributed by atoms with Gasteiger partial charge in [-0.25, -0.2) is 4.39 Å². The van der Waals surface area contributed by atoms with Gasteiger partial charge in [0.05, 0.1) is 10.0 Å². The molecule has 1 fully saturated rings. The molecule has 5 heteroatoms. The predicted molar refractivity (Wildman–Crippen MR) is 73.4 cm³/mol. The first-order valence-corrected chi connectivity index (χ1v) is 7.11. The van der Waals surface area contributed by atoms with Gasteiger partial charge in [0.1, 0.15) is 5.82 Å². The second-order valence-electron chi connectivity index (χ2n) is 4.63. The van der Waals surface area contributed by atoms with E-state index in [-0.39, 0.29) is 22.8 Å². The minimum atomic E-state index is -0.497.